The van der Waals surface area contributed by atoms with Crippen LogP contribution < -0.4 is 0 Å². The maximum absolute atomic E-state index is 10.9. The van der Waals surface area contributed by atoms with Crippen molar-refractivity contribution in [1.29, 1.82) is 0 Å². The summed E-state index contributed by atoms with van der Waals surface area (Å²) in [6.07, 6.45) is 12.6. The van der Waals surface area contributed by atoms with Crippen molar-refractivity contribution < 1.29 is 10.2 Å². The molecule has 4 rings (SSSR count). The molecule has 0 unspecified atom stereocenters. The summed E-state index contributed by atoms with van der Waals surface area (Å²) in [5, 5.41) is 20.6. The number of aryl methyl sites for hydroxylation is 1. The number of aliphatic hydroxyl groups is 1. The van der Waals surface area contributed by atoms with Crippen molar-refractivity contribution in [3.8, 4) is 18.1 Å². The number of hydrogen-bond donors (Lipinski definition) is 2. The van der Waals surface area contributed by atoms with E-state index in [1.807, 2.05) is 12.1 Å². The quantitative estimate of drug-likeness (QED) is 0.719. The number of terminal acetylenes is 1. The first-order valence-corrected chi connectivity index (χ1v) is 8.21. The summed E-state index contributed by atoms with van der Waals surface area (Å²) < 4.78 is 0. The topological polar surface area (TPSA) is 40.5 Å². The molecule has 0 bridgehead atoms. The minimum Gasteiger partial charge on any atom is -0.508 e. The second-order valence-corrected chi connectivity index (χ2v) is 7.42. The molecule has 2 N–H and O–H groups in total. The summed E-state index contributed by atoms with van der Waals surface area (Å²) in [6, 6.07) is 5.72. The molecular weight excluding hydrogens is 272 g/mol. The van der Waals surface area contributed by atoms with Gasteiger partial charge < -0.3 is 10.2 Å². The zero-order valence-corrected chi connectivity index (χ0v) is 13.0. The number of fused-ring (bicyclic) bond motifs is 5. The normalized spacial score (nSPS) is 39.2. The van der Waals surface area contributed by atoms with E-state index in [1.165, 1.54) is 16.7 Å². The van der Waals surface area contributed by atoms with Gasteiger partial charge in [-0.3, -0.25) is 0 Å². The summed E-state index contributed by atoms with van der Waals surface area (Å²) >= 11 is 0. The first kappa shape index (κ1) is 13.9. The zero-order chi connectivity index (χ0) is 15.5. The molecule has 0 aliphatic heterocycles. The molecule has 3 aliphatic rings. The lowest BCUT2D eigenvalue weighted by Gasteiger charge is -2.48. The molecule has 114 valence electrons. The first-order chi connectivity index (χ1) is 10.5. The van der Waals surface area contributed by atoms with Crippen LogP contribution in [-0.2, 0) is 6.42 Å². The highest BCUT2D eigenvalue weighted by Gasteiger charge is 2.59. The molecule has 0 radical (unpaired) electrons. The second kappa shape index (κ2) is 4.40. The third-order valence-corrected chi connectivity index (χ3v) is 6.57. The van der Waals surface area contributed by atoms with Gasteiger partial charge in [-0.05, 0) is 72.8 Å². The fourth-order valence-electron chi connectivity index (χ4n) is 5.21. The molecule has 0 spiro atoms. The lowest BCUT2D eigenvalue weighted by molar-refractivity contribution is -0.0299. The van der Waals surface area contributed by atoms with Crippen LogP contribution in [0.3, 0.4) is 0 Å². The SMILES string of the molecule is C#C[C@@]1(O)CC[C@H]2[C@@H]3CCc4cc(O)ccc4C3=CC[C@@]21C. The predicted octanol–water partition coefficient (Wildman–Crippen LogP) is 3.52. The Bertz CT molecular complexity index is 711. The van der Waals surface area contributed by atoms with Crippen molar-refractivity contribution in [2.75, 3.05) is 0 Å². The molecule has 22 heavy (non-hydrogen) atoms. The van der Waals surface area contributed by atoms with Gasteiger partial charge in [-0.15, -0.1) is 6.42 Å². The molecule has 0 heterocycles. The minimum atomic E-state index is -0.963. The standard InChI is InChI=1S/C20H22O2/c1-3-20(22)11-9-18-17-6-4-13-12-14(21)5-7-15(13)16(17)8-10-19(18,20)2/h1,5,7-8,12,17-18,21-22H,4,6,9-11H2,2H3/t17-,18+,19+,20-/m1/s1. The van der Waals surface area contributed by atoms with Gasteiger partial charge in [0, 0.05) is 5.41 Å². The molecule has 0 saturated heterocycles. The molecule has 1 aromatic carbocycles. The van der Waals surface area contributed by atoms with Gasteiger partial charge in [0.05, 0.1) is 0 Å². The average molecular weight is 294 g/mol. The van der Waals surface area contributed by atoms with E-state index in [1.54, 1.807) is 6.07 Å². The van der Waals surface area contributed by atoms with E-state index in [2.05, 4.69) is 18.9 Å². The van der Waals surface area contributed by atoms with Crippen LogP contribution in [0.5, 0.6) is 5.75 Å². The van der Waals surface area contributed by atoms with Crippen molar-refractivity contribution >= 4 is 5.57 Å². The number of aromatic hydroxyl groups is 1. The number of hydrogen-bond acceptors (Lipinski definition) is 2. The Hall–Kier alpha value is -1.72. The Labute approximate surface area is 131 Å². The van der Waals surface area contributed by atoms with E-state index in [0.29, 0.717) is 24.0 Å². The van der Waals surface area contributed by atoms with Crippen LogP contribution in [0.25, 0.3) is 5.57 Å². The van der Waals surface area contributed by atoms with Crippen molar-refractivity contribution in [3.63, 3.8) is 0 Å². The maximum atomic E-state index is 10.9. The highest BCUT2D eigenvalue weighted by Crippen LogP contribution is 2.62. The smallest absolute Gasteiger partial charge is 0.131 e. The monoisotopic (exact) mass is 294 g/mol. The molecule has 1 saturated carbocycles. The summed E-state index contributed by atoms with van der Waals surface area (Å²) in [7, 11) is 0. The van der Waals surface area contributed by atoms with Crippen LogP contribution in [0, 0.1) is 29.6 Å². The van der Waals surface area contributed by atoms with Gasteiger partial charge in [-0.1, -0.05) is 25.0 Å². The number of phenolic OH excluding ortho intramolecular Hbond substituents is 1. The molecule has 1 aromatic rings. The average Bonchev–Trinajstić information content (AvgIpc) is 2.79. The largest absolute Gasteiger partial charge is 0.508 e. The number of rotatable bonds is 0. The van der Waals surface area contributed by atoms with E-state index >= 15 is 0 Å². The van der Waals surface area contributed by atoms with E-state index < -0.39 is 5.60 Å². The van der Waals surface area contributed by atoms with Crippen molar-refractivity contribution in [2.45, 2.75) is 44.6 Å². The Morgan fingerprint density at radius 1 is 1.32 bits per heavy atom. The molecule has 2 nitrogen and oxygen atoms in total. The molecule has 3 aliphatic carbocycles. The van der Waals surface area contributed by atoms with Crippen molar-refractivity contribution in [3.05, 3.63) is 35.4 Å². The highest BCUT2D eigenvalue weighted by molar-refractivity contribution is 5.74. The lowest BCUT2D eigenvalue weighted by atomic mass is 9.57. The fraction of sp³-hybridized carbons (Fsp3) is 0.500. The van der Waals surface area contributed by atoms with Gasteiger partial charge in [0.25, 0.3) is 0 Å². The van der Waals surface area contributed by atoms with E-state index in [4.69, 9.17) is 6.42 Å². The third kappa shape index (κ3) is 1.61. The van der Waals surface area contributed by atoms with E-state index in [9.17, 15) is 10.2 Å². The predicted molar refractivity (Wildman–Crippen MR) is 87.1 cm³/mol. The van der Waals surface area contributed by atoms with Crippen LogP contribution in [0.2, 0.25) is 0 Å². The van der Waals surface area contributed by atoms with Crippen LogP contribution in [0.4, 0.5) is 0 Å². The summed E-state index contributed by atoms with van der Waals surface area (Å²) in [6.45, 7) is 2.17. The fourth-order valence-corrected chi connectivity index (χ4v) is 5.21. The van der Waals surface area contributed by atoms with Gasteiger partial charge in [0.15, 0.2) is 0 Å². The lowest BCUT2D eigenvalue weighted by Crippen LogP contribution is -2.47. The Kier molecular flexibility index (Phi) is 2.78. The van der Waals surface area contributed by atoms with Crippen LogP contribution in [-0.4, -0.2) is 15.8 Å². The molecular formula is C20H22O2. The number of phenols is 1. The van der Waals surface area contributed by atoms with Gasteiger partial charge in [-0.25, -0.2) is 0 Å². The molecule has 1 fully saturated rings. The van der Waals surface area contributed by atoms with E-state index in [0.717, 1.165) is 25.7 Å². The maximum Gasteiger partial charge on any atom is 0.131 e. The Morgan fingerprint density at radius 2 is 2.14 bits per heavy atom. The van der Waals surface area contributed by atoms with Crippen molar-refractivity contribution in [1.82, 2.24) is 0 Å². The molecule has 2 heteroatoms. The molecule has 0 aromatic heterocycles. The third-order valence-electron chi connectivity index (χ3n) is 6.57. The van der Waals surface area contributed by atoms with Gasteiger partial charge in [0.1, 0.15) is 11.4 Å². The highest BCUT2D eigenvalue weighted by atomic mass is 16.3. The van der Waals surface area contributed by atoms with Crippen molar-refractivity contribution in [2.24, 2.45) is 17.3 Å². The van der Waals surface area contributed by atoms with Crippen LogP contribution in [0.15, 0.2) is 24.3 Å². The van der Waals surface area contributed by atoms with Gasteiger partial charge in [0.2, 0.25) is 0 Å². The Balaban J connectivity index is 1.80. The summed E-state index contributed by atoms with van der Waals surface area (Å²) in [4.78, 5) is 0. The zero-order valence-electron chi connectivity index (χ0n) is 13.0. The second-order valence-electron chi connectivity index (χ2n) is 7.42. The first-order valence-electron chi connectivity index (χ1n) is 8.21. The number of allylic oxidation sites excluding steroid dienone is 2. The molecule has 4 atom stereocenters. The number of benzene rings is 1. The minimum absolute atomic E-state index is 0.204. The summed E-state index contributed by atoms with van der Waals surface area (Å²) in [5.41, 5.74) is 2.77. The summed E-state index contributed by atoms with van der Waals surface area (Å²) in [5.74, 6) is 3.98. The molecule has 0 amide bonds. The Morgan fingerprint density at radius 3 is 2.91 bits per heavy atom. The van der Waals surface area contributed by atoms with Gasteiger partial charge >= 0.3 is 0 Å². The van der Waals surface area contributed by atoms with Gasteiger partial charge in [-0.2, -0.15) is 0 Å². The van der Waals surface area contributed by atoms with Crippen LogP contribution >= 0.6 is 0 Å². The van der Waals surface area contributed by atoms with Crippen LogP contribution in [0.1, 0.15) is 43.7 Å². The van der Waals surface area contributed by atoms with E-state index in [-0.39, 0.29) is 5.41 Å².